The fourth-order valence-electron chi connectivity index (χ4n) is 2.98. The van der Waals surface area contributed by atoms with Gasteiger partial charge in [-0.15, -0.1) is 0 Å². The molecule has 5 heteroatoms. The molecule has 0 bridgehead atoms. The summed E-state index contributed by atoms with van der Waals surface area (Å²) in [6.45, 7) is 2.19. The summed E-state index contributed by atoms with van der Waals surface area (Å²) in [6.07, 6.45) is 9.00. The molecule has 0 atom stereocenters. The van der Waals surface area contributed by atoms with Crippen molar-refractivity contribution in [3.8, 4) is 0 Å². The number of anilines is 1. The van der Waals surface area contributed by atoms with Crippen LogP contribution in [0.1, 0.15) is 79.0 Å². The minimum Gasteiger partial charge on any atom is -0.515 e. The lowest BCUT2D eigenvalue weighted by molar-refractivity contribution is -0.116. The lowest BCUT2D eigenvalue weighted by Crippen LogP contribution is -2.11. The van der Waals surface area contributed by atoms with Crippen LogP contribution < -0.4 is 5.32 Å². The Bertz CT molecular complexity index is 691. The van der Waals surface area contributed by atoms with E-state index in [0.29, 0.717) is 18.4 Å². The van der Waals surface area contributed by atoms with Crippen LogP contribution >= 0.6 is 0 Å². The van der Waals surface area contributed by atoms with E-state index in [1.807, 2.05) is 0 Å². The zero-order chi connectivity index (χ0) is 18.2. The number of unbranched alkanes of at least 4 members (excludes halogenated alkanes) is 6. The Morgan fingerprint density at radius 1 is 1.00 bits per heavy atom. The predicted octanol–water partition coefficient (Wildman–Crippen LogP) is 4.59. The molecule has 1 aromatic rings. The van der Waals surface area contributed by atoms with Gasteiger partial charge in [-0.2, -0.15) is 0 Å². The van der Waals surface area contributed by atoms with E-state index < -0.39 is 11.6 Å². The van der Waals surface area contributed by atoms with Crippen LogP contribution in [0.15, 0.2) is 30.0 Å². The number of fused-ring (bicyclic) bond motifs is 1. The number of amides is 1. The molecule has 0 heterocycles. The Morgan fingerprint density at radius 3 is 2.32 bits per heavy atom. The zero-order valence-corrected chi connectivity index (χ0v) is 14.6. The molecule has 0 radical (unpaired) electrons. The van der Waals surface area contributed by atoms with E-state index >= 15 is 0 Å². The highest BCUT2D eigenvalue weighted by atomic mass is 16.2. The first kappa shape index (κ1) is 18.9. The number of aliphatic hydroxyl groups is 1. The molecule has 0 saturated carbocycles. The van der Waals surface area contributed by atoms with Gasteiger partial charge in [-0.25, -0.2) is 0 Å². The molecule has 0 unspecified atom stereocenters. The summed E-state index contributed by atoms with van der Waals surface area (Å²) in [5, 5.41) is 11.8. The smallest absolute Gasteiger partial charge is 0.224 e. The number of rotatable bonds is 9. The lowest BCUT2D eigenvalue weighted by Gasteiger charge is -2.06. The van der Waals surface area contributed by atoms with Crippen molar-refractivity contribution >= 4 is 23.2 Å². The Kier molecular flexibility index (Phi) is 6.92. The summed E-state index contributed by atoms with van der Waals surface area (Å²) in [5.74, 6) is -1.09. The summed E-state index contributed by atoms with van der Waals surface area (Å²) >= 11 is 0. The predicted molar refractivity (Wildman–Crippen MR) is 97.1 cm³/mol. The second-order valence-corrected chi connectivity index (χ2v) is 6.38. The van der Waals surface area contributed by atoms with Crippen molar-refractivity contribution in [2.75, 3.05) is 5.32 Å². The van der Waals surface area contributed by atoms with Crippen LogP contribution in [0, 0.1) is 0 Å². The number of carbonyl (C=O) groups excluding carboxylic acids is 3. The first-order valence-corrected chi connectivity index (χ1v) is 8.96. The number of aliphatic hydroxyl groups excluding tert-OH is 1. The first-order chi connectivity index (χ1) is 12.1. The highest BCUT2D eigenvalue weighted by Crippen LogP contribution is 2.28. The van der Waals surface area contributed by atoms with Gasteiger partial charge in [0.25, 0.3) is 0 Å². The van der Waals surface area contributed by atoms with Crippen molar-refractivity contribution in [3.05, 3.63) is 41.2 Å². The molecule has 1 aliphatic rings. The Labute approximate surface area is 148 Å². The molecule has 0 spiro atoms. The van der Waals surface area contributed by atoms with Gasteiger partial charge in [-0.1, -0.05) is 45.4 Å². The van der Waals surface area contributed by atoms with Gasteiger partial charge in [0.05, 0.1) is 6.26 Å². The number of nitrogens with one attached hydrogen (secondary N) is 1. The van der Waals surface area contributed by atoms with Gasteiger partial charge in [0.15, 0.2) is 0 Å². The lowest BCUT2D eigenvalue weighted by atomic mass is 10.1. The van der Waals surface area contributed by atoms with E-state index in [4.69, 9.17) is 5.11 Å². The molecule has 5 nitrogen and oxygen atoms in total. The molecule has 1 aliphatic carbocycles. The fourth-order valence-corrected chi connectivity index (χ4v) is 2.98. The molecule has 0 aliphatic heterocycles. The maximum atomic E-state index is 12.0. The number of Topliss-reactive ketones (excluding diaryl/α,β-unsaturated/α-hetero) is 2. The van der Waals surface area contributed by atoms with E-state index in [-0.39, 0.29) is 22.6 Å². The first-order valence-electron chi connectivity index (χ1n) is 8.96. The van der Waals surface area contributed by atoms with Crippen molar-refractivity contribution < 1.29 is 19.5 Å². The highest BCUT2D eigenvalue weighted by Gasteiger charge is 2.33. The normalized spacial score (nSPS) is 14.8. The van der Waals surface area contributed by atoms with Gasteiger partial charge in [-0.3, -0.25) is 14.4 Å². The maximum absolute atomic E-state index is 12.0. The number of carbonyl (C=O) groups is 3. The SMILES string of the molecule is CCCCCCCCCC(=O)Nc1ccc2c(c1)C(=O)/C(=C/O)C2=O. The second-order valence-electron chi connectivity index (χ2n) is 6.38. The molecule has 25 heavy (non-hydrogen) atoms. The Hall–Kier alpha value is -2.43. The van der Waals surface area contributed by atoms with Crippen LogP contribution in [0.25, 0.3) is 0 Å². The molecule has 2 N–H and O–H groups in total. The van der Waals surface area contributed by atoms with E-state index in [0.717, 1.165) is 19.3 Å². The van der Waals surface area contributed by atoms with E-state index in [1.165, 1.54) is 37.8 Å². The number of benzene rings is 1. The number of hydrogen-bond acceptors (Lipinski definition) is 4. The third kappa shape index (κ3) is 4.78. The van der Waals surface area contributed by atoms with Crippen molar-refractivity contribution in [3.63, 3.8) is 0 Å². The standard InChI is InChI=1S/C20H25NO4/c1-2-3-4-5-6-7-8-9-18(23)21-14-10-11-15-16(12-14)20(25)17(13-22)19(15)24/h10-13,22H,2-9H2,1H3,(H,21,23)/b17-13+. The Morgan fingerprint density at radius 2 is 1.64 bits per heavy atom. The number of hydrogen-bond donors (Lipinski definition) is 2. The molecule has 2 rings (SSSR count). The molecule has 0 aromatic heterocycles. The quantitative estimate of drug-likeness (QED) is 0.297. The molecular formula is C20H25NO4. The van der Waals surface area contributed by atoms with Gasteiger partial charge in [0, 0.05) is 23.2 Å². The minimum absolute atomic E-state index is 0.0943. The monoisotopic (exact) mass is 343 g/mol. The molecule has 134 valence electrons. The van der Waals surface area contributed by atoms with Gasteiger partial charge >= 0.3 is 0 Å². The van der Waals surface area contributed by atoms with Crippen molar-refractivity contribution in [2.24, 2.45) is 0 Å². The number of ketones is 2. The molecule has 0 fully saturated rings. The van der Waals surface area contributed by atoms with Gasteiger partial charge in [0.1, 0.15) is 5.57 Å². The van der Waals surface area contributed by atoms with Crippen LogP contribution in [-0.4, -0.2) is 22.6 Å². The Balaban J connectivity index is 1.82. The van der Waals surface area contributed by atoms with Crippen molar-refractivity contribution in [1.82, 2.24) is 0 Å². The zero-order valence-electron chi connectivity index (χ0n) is 14.6. The second kappa shape index (κ2) is 9.16. The summed E-state index contributed by atoms with van der Waals surface area (Å²) in [5.41, 5.74) is 0.739. The molecular weight excluding hydrogens is 318 g/mol. The van der Waals surface area contributed by atoms with Gasteiger partial charge in [-0.05, 0) is 24.6 Å². The van der Waals surface area contributed by atoms with Crippen molar-refractivity contribution in [2.45, 2.75) is 58.3 Å². The van der Waals surface area contributed by atoms with Gasteiger partial charge in [0.2, 0.25) is 17.5 Å². The summed E-state index contributed by atoms with van der Waals surface area (Å²) in [4.78, 5) is 35.9. The van der Waals surface area contributed by atoms with Crippen LogP contribution in [0.4, 0.5) is 5.69 Å². The minimum atomic E-state index is -0.509. The topological polar surface area (TPSA) is 83.5 Å². The average Bonchev–Trinajstić information content (AvgIpc) is 2.84. The van der Waals surface area contributed by atoms with Crippen molar-refractivity contribution in [1.29, 1.82) is 0 Å². The van der Waals surface area contributed by atoms with Gasteiger partial charge < -0.3 is 10.4 Å². The maximum Gasteiger partial charge on any atom is 0.224 e. The third-order valence-electron chi connectivity index (χ3n) is 4.42. The molecule has 1 amide bonds. The van der Waals surface area contributed by atoms with Crippen LogP contribution in [0.5, 0.6) is 0 Å². The van der Waals surface area contributed by atoms with Crippen LogP contribution in [0.3, 0.4) is 0 Å². The van der Waals surface area contributed by atoms with Crippen LogP contribution in [0.2, 0.25) is 0 Å². The molecule has 1 aromatic carbocycles. The van der Waals surface area contributed by atoms with E-state index in [9.17, 15) is 14.4 Å². The van der Waals surface area contributed by atoms with E-state index in [2.05, 4.69) is 12.2 Å². The number of allylic oxidation sites excluding steroid dienone is 1. The summed E-state index contributed by atoms with van der Waals surface area (Å²) < 4.78 is 0. The third-order valence-corrected chi connectivity index (χ3v) is 4.42. The summed E-state index contributed by atoms with van der Waals surface area (Å²) in [6, 6.07) is 4.61. The highest BCUT2D eigenvalue weighted by molar-refractivity contribution is 6.39. The van der Waals surface area contributed by atoms with E-state index in [1.54, 1.807) is 6.07 Å². The summed E-state index contributed by atoms with van der Waals surface area (Å²) in [7, 11) is 0. The average molecular weight is 343 g/mol. The molecule has 0 saturated heterocycles. The largest absolute Gasteiger partial charge is 0.515 e. The fraction of sp³-hybridized carbons (Fsp3) is 0.450. The van der Waals surface area contributed by atoms with Crippen LogP contribution in [-0.2, 0) is 4.79 Å².